The highest BCUT2D eigenvalue weighted by atomic mass is 14.8. The SMILES string of the molecule is Cc1ccc(/C=C/c2cc3[nH]c2C(c2cc(C)cc(C)c2)=c2ccc([nH]2)=C(c2cc(C)cc(C)c2)c2ccc([nH]2)C(c2cc(C)cc(C)c2)=c2ccc([nH]2)=C3c2cc(C)cc(C)c2)cc1. The summed E-state index contributed by atoms with van der Waals surface area (Å²) in [5, 5.41) is 4.14. The molecule has 0 spiro atoms. The van der Waals surface area contributed by atoms with E-state index < -0.39 is 0 Å². The standard InChI is InChI=1S/C61H56N4/c1-35-10-12-44(13-11-35)14-15-45-34-56-59(48-30-40(6)24-41(7)31-48)54-19-18-52(63-54)57(46-26-36(2)22-37(3)27-46)50-16-17-51(62-50)58(47-28-38(4)23-39(5)29-47)53-20-21-55(64-53)60(61(45)65-56)49-32-42(8)25-43(9)33-49/h10-34,62-65H,1-9H3/b15-14+,57-50?,57-52?,58-51?,58-53?,59-54?,59-56?,60-55?,61-60?. The second-order valence-corrected chi connectivity index (χ2v) is 18.6. The van der Waals surface area contributed by atoms with Gasteiger partial charge >= 0.3 is 0 Å². The molecule has 8 bridgehead atoms. The Balaban J connectivity index is 1.40. The lowest BCUT2D eigenvalue weighted by Gasteiger charge is -2.12. The van der Waals surface area contributed by atoms with Crippen molar-refractivity contribution in [2.24, 2.45) is 0 Å². The molecule has 1 aliphatic rings. The molecule has 65 heavy (non-hydrogen) atoms. The maximum atomic E-state index is 4.11. The van der Waals surface area contributed by atoms with Crippen molar-refractivity contribution in [3.05, 3.63) is 267 Å². The summed E-state index contributed by atoms with van der Waals surface area (Å²) in [6.45, 7) is 19.6. The second kappa shape index (κ2) is 16.5. The third-order valence-corrected chi connectivity index (χ3v) is 12.6. The first kappa shape index (κ1) is 41.5. The molecule has 0 amide bonds. The maximum absolute atomic E-state index is 4.11. The largest absolute Gasteiger partial charge is 0.354 e. The molecular formula is C61H56N4. The number of nitrogens with one attached hydrogen (secondary N) is 4. The summed E-state index contributed by atoms with van der Waals surface area (Å²) < 4.78 is 0. The van der Waals surface area contributed by atoms with E-state index in [0.29, 0.717) is 0 Å². The average Bonchev–Trinajstić information content (AvgIpc) is 4.07. The van der Waals surface area contributed by atoms with Crippen LogP contribution < -0.4 is 21.4 Å². The molecule has 320 valence electrons. The van der Waals surface area contributed by atoms with Crippen LogP contribution in [0.5, 0.6) is 0 Å². The van der Waals surface area contributed by atoms with E-state index in [-0.39, 0.29) is 0 Å². The van der Waals surface area contributed by atoms with E-state index >= 15 is 0 Å². The van der Waals surface area contributed by atoms with Crippen LogP contribution in [0.2, 0.25) is 0 Å². The third kappa shape index (κ3) is 8.24. The number of aromatic nitrogens is 4. The Kier molecular flexibility index (Phi) is 10.5. The summed E-state index contributed by atoms with van der Waals surface area (Å²) in [6.07, 6.45) is 4.51. The van der Waals surface area contributed by atoms with E-state index in [1.807, 2.05) is 0 Å². The Morgan fingerprint density at radius 3 is 1.03 bits per heavy atom. The van der Waals surface area contributed by atoms with Gasteiger partial charge in [-0.25, -0.2) is 0 Å². The third-order valence-electron chi connectivity index (χ3n) is 12.6. The second-order valence-electron chi connectivity index (χ2n) is 18.6. The van der Waals surface area contributed by atoms with Gasteiger partial charge in [-0.05, 0) is 133 Å². The molecule has 0 saturated heterocycles. The minimum Gasteiger partial charge on any atom is -0.354 e. The Bertz CT molecular complexity index is 3550. The van der Waals surface area contributed by atoms with Crippen molar-refractivity contribution in [3.8, 4) is 0 Å². The van der Waals surface area contributed by atoms with Crippen LogP contribution in [0.1, 0.15) is 106 Å². The summed E-state index contributed by atoms with van der Waals surface area (Å²) in [5.41, 5.74) is 26.5. The number of rotatable bonds is 6. The number of hydrogen-bond donors (Lipinski definition) is 4. The molecule has 0 fully saturated rings. The first-order valence-electron chi connectivity index (χ1n) is 22.7. The topological polar surface area (TPSA) is 63.2 Å². The zero-order valence-corrected chi connectivity index (χ0v) is 38.9. The smallest absolute Gasteiger partial charge is 0.0559 e. The summed E-state index contributed by atoms with van der Waals surface area (Å²) in [7, 11) is 0. The lowest BCUT2D eigenvalue weighted by molar-refractivity contribution is 1.18. The quantitative estimate of drug-likeness (QED) is 0.129. The van der Waals surface area contributed by atoms with Gasteiger partial charge in [0, 0.05) is 66.3 Å². The van der Waals surface area contributed by atoms with Crippen molar-refractivity contribution in [1.29, 1.82) is 0 Å². The summed E-state index contributed by atoms with van der Waals surface area (Å²) in [5.74, 6) is 0. The van der Waals surface area contributed by atoms with Crippen molar-refractivity contribution in [2.75, 3.05) is 0 Å². The van der Waals surface area contributed by atoms with E-state index in [9.17, 15) is 0 Å². The van der Waals surface area contributed by atoms with Gasteiger partial charge in [-0.3, -0.25) is 0 Å². The molecular weight excluding hydrogens is 789 g/mol. The van der Waals surface area contributed by atoms with Gasteiger partial charge in [-0.2, -0.15) is 0 Å². The Labute approximate surface area is 382 Å². The lowest BCUT2D eigenvalue weighted by atomic mass is 9.95. The number of benzene rings is 5. The van der Waals surface area contributed by atoms with Crippen LogP contribution in [0, 0.1) is 62.3 Å². The highest BCUT2D eigenvalue weighted by molar-refractivity contribution is 5.89. The van der Waals surface area contributed by atoms with Crippen molar-refractivity contribution in [2.45, 2.75) is 62.3 Å². The van der Waals surface area contributed by atoms with Gasteiger partial charge in [-0.15, -0.1) is 0 Å². The Morgan fingerprint density at radius 2 is 0.631 bits per heavy atom. The van der Waals surface area contributed by atoms with Crippen LogP contribution in [0.3, 0.4) is 0 Å². The molecule has 4 heteroatoms. The first-order chi connectivity index (χ1) is 31.3. The normalized spacial score (nSPS) is 12.8. The van der Waals surface area contributed by atoms with Crippen molar-refractivity contribution < 1.29 is 0 Å². The van der Waals surface area contributed by atoms with Crippen molar-refractivity contribution >= 4 is 34.4 Å². The molecule has 1 aliphatic heterocycles. The number of aryl methyl sites for hydroxylation is 9. The van der Waals surface area contributed by atoms with E-state index in [1.54, 1.807) is 0 Å². The van der Waals surface area contributed by atoms with Crippen molar-refractivity contribution in [3.63, 3.8) is 0 Å². The van der Waals surface area contributed by atoms with Gasteiger partial charge in [-0.1, -0.05) is 159 Å². The number of hydrogen-bond acceptors (Lipinski definition) is 0. The fourth-order valence-electron chi connectivity index (χ4n) is 10.1. The number of aromatic amines is 4. The molecule has 4 nitrogen and oxygen atoms in total. The first-order valence-corrected chi connectivity index (χ1v) is 22.7. The van der Waals surface area contributed by atoms with Gasteiger partial charge < -0.3 is 19.9 Å². The lowest BCUT2D eigenvalue weighted by Crippen LogP contribution is -2.19. The predicted molar refractivity (Wildman–Crippen MR) is 272 cm³/mol. The zero-order chi connectivity index (χ0) is 45.1. The van der Waals surface area contributed by atoms with Gasteiger partial charge in [0.25, 0.3) is 0 Å². The van der Waals surface area contributed by atoms with Gasteiger partial charge in [0.15, 0.2) is 0 Å². The minimum atomic E-state index is 1.03. The molecule has 5 aromatic carbocycles. The summed E-state index contributed by atoms with van der Waals surface area (Å²) in [6, 6.07) is 52.1. The van der Waals surface area contributed by atoms with Crippen LogP contribution in [0.25, 0.3) is 34.4 Å². The molecule has 10 rings (SSSR count). The van der Waals surface area contributed by atoms with E-state index in [2.05, 4.69) is 234 Å². The van der Waals surface area contributed by atoms with E-state index in [4.69, 9.17) is 0 Å². The van der Waals surface area contributed by atoms with Crippen molar-refractivity contribution in [1.82, 2.24) is 19.9 Å². The van der Waals surface area contributed by atoms with Gasteiger partial charge in [0.1, 0.15) is 0 Å². The van der Waals surface area contributed by atoms with Gasteiger partial charge in [0.2, 0.25) is 0 Å². The van der Waals surface area contributed by atoms with Crippen LogP contribution in [0.15, 0.2) is 140 Å². The van der Waals surface area contributed by atoms with Crippen LogP contribution in [-0.2, 0) is 0 Å². The summed E-state index contributed by atoms with van der Waals surface area (Å²) >= 11 is 0. The molecule has 4 aromatic heterocycles. The van der Waals surface area contributed by atoms with Gasteiger partial charge in [0.05, 0.1) is 5.69 Å². The Morgan fingerprint density at radius 1 is 0.277 bits per heavy atom. The average molecular weight is 845 g/mol. The molecule has 4 N–H and O–H groups in total. The Hall–Kier alpha value is -7.56. The van der Waals surface area contributed by atoms with E-state index in [0.717, 1.165) is 99.8 Å². The fourth-order valence-corrected chi connectivity index (χ4v) is 10.1. The monoisotopic (exact) mass is 844 g/mol. The van der Waals surface area contributed by atoms with Crippen LogP contribution in [0.4, 0.5) is 0 Å². The molecule has 0 atom stereocenters. The highest BCUT2D eigenvalue weighted by Gasteiger charge is 2.21. The number of fused-ring (bicyclic) bond motifs is 8. The highest BCUT2D eigenvalue weighted by Crippen LogP contribution is 2.33. The number of H-pyrrole nitrogens is 4. The summed E-state index contributed by atoms with van der Waals surface area (Å²) in [4.78, 5) is 16.1. The molecule has 5 heterocycles. The molecule has 0 saturated carbocycles. The molecule has 0 radical (unpaired) electrons. The predicted octanol–water partition coefficient (Wildman–Crippen LogP) is 11.2. The van der Waals surface area contributed by atoms with E-state index in [1.165, 1.54) is 50.1 Å². The fraction of sp³-hybridized carbons (Fsp3) is 0.148. The maximum Gasteiger partial charge on any atom is 0.0559 e. The molecule has 0 aliphatic carbocycles. The molecule has 0 unspecified atom stereocenters. The minimum absolute atomic E-state index is 1.03. The van der Waals surface area contributed by atoms with Crippen LogP contribution >= 0.6 is 0 Å². The molecule has 9 aromatic rings. The van der Waals surface area contributed by atoms with Crippen LogP contribution in [-0.4, -0.2) is 19.9 Å². The zero-order valence-electron chi connectivity index (χ0n) is 38.9.